The molecule has 4 amide bonds. The third-order valence-corrected chi connectivity index (χ3v) is 5.81. The van der Waals surface area contributed by atoms with E-state index in [0.717, 1.165) is 11.2 Å². The fraction of sp³-hybridized carbons (Fsp3) is 0.412. The van der Waals surface area contributed by atoms with E-state index in [2.05, 4.69) is 0 Å². The van der Waals surface area contributed by atoms with Gasteiger partial charge in [0.15, 0.2) is 5.78 Å². The number of amides is 4. The molecule has 9 nitrogen and oxygen atoms in total. The molecule has 1 aromatic rings. The van der Waals surface area contributed by atoms with Gasteiger partial charge in [0.25, 0.3) is 0 Å². The van der Waals surface area contributed by atoms with Crippen LogP contribution in [0.4, 0.5) is 10.5 Å². The van der Waals surface area contributed by atoms with Crippen molar-refractivity contribution in [3.8, 4) is 0 Å². The Kier molecular flexibility index (Phi) is 4.77. The molecule has 10 heteroatoms. The van der Waals surface area contributed by atoms with Gasteiger partial charge in [-0.05, 0) is 43.5 Å². The average Bonchev–Trinajstić information content (AvgIpc) is 2.82. The quantitative estimate of drug-likeness (QED) is 0.406. The van der Waals surface area contributed by atoms with Gasteiger partial charge < -0.3 is 0 Å². The summed E-state index contributed by atoms with van der Waals surface area (Å²) in [4.78, 5) is 49.7. The highest BCUT2D eigenvalue weighted by molar-refractivity contribution is 7.92. The fourth-order valence-corrected chi connectivity index (χ4v) is 4.28. The molecule has 144 valence electrons. The first kappa shape index (κ1) is 19.0. The van der Waals surface area contributed by atoms with E-state index in [1.165, 1.54) is 10.4 Å². The SMILES string of the molecule is CCN1C(=O)C(=O)N(CC(=O)c2ccc3c(c2)CCCN3S(C)(=O)=O)C1=O. The van der Waals surface area contributed by atoms with E-state index >= 15 is 0 Å². The molecular weight excluding hydrogens is 374 g/mol. The summed E-state index contributed by atoms with van der Waals surface area (Å²) in [6, 6.07) is 3.80. The van der Waals surface area contributed by atoms with Gasteiger partial charge in [0.2, 0.25) is 10.0 Å². The summed E-state index contributed by atoms with van der Waals surface area (Å²) >= 11 is 0. The van der Waals surface area contributed by atoms with Crippen LogP contribution in [0, 0.1) is 0 Å². The molecule has 0 spiro atoms. The molecule has 0 aromatic heterocycles. The summed E-state index contributed by atoms with van der Waals surface area (Å²) in [5.74, 6) is -2.46. The summed E-state index contributed by atoms with van der Waals surface area (Å²) in [5, 5.41) is 0. The molecule has 3 rings (SSSR count). The van der Waals surface area contributed by atoms with Gasteiger partial charge in [-0.25, -0.2) is 18.1 Å². The lowest BCUT2D eigenvalue weighted by atomic mass is 9.99. The lowest BCUT2D eigenvalue weighted by Crippen LogP contribution is -2.37. The number of aryl methyl sites for hydroxylation is 1. The number of likely N-dealkylation sites (N-methyl/N-ethyl adjacent to an activating group) is 1. The maximum atomic E-state index is 12.5. The number of Topliss-reactive ketones (excluding diaryl/α,β-unsaturated/α-hetero) is 1. The minimum absolute atomic E-state index is 0.0499. The minimum atomic E-state index is -3.41. The van der Waals surface area contributed by atoms with Crippen LogP contribution in [0.5, 0.6) is 0 Å². The summed E-state index contributed by atoms with van der Waals surface area (Å²) < 4.78 is 25.1. The number of nitrogens with zero attached hydrogens (tertiary/aromatic N) is 3. The number of hydrogen-bond donors (Lipinski definition) is 0. The van der Waals surface area contributed by atoms with Gasteiger partial charge in [0.1, 0.15) is 0 Å². The molecule has 1 fully saturated rings. The van der Waals surface area contributed by atoms with Gasteiger partial charge in [-0.15, -0.1) is 0 Å². The molecule has 0 atom stereocenters. The molecule has 0 bridgehead atoms. The van der Waals surface area contributed by atoms with Crippen LogP contribution in [0.1, 0.15) is 29.3 Å². The molecule has 2 aliphatic rings. The zero-order valence-corrected chi connectivity index (χ0v) is 15.8. The molecule has 2 heterocycles. The Labute approximate surface area is 156 Å². The van der Waals surface area contributed by atoms with E-state index in [4.69, 9.17) is 0 Å². The third kappa shape index (κ3) is 3.32. The normalized spacial score (nSPS) is 17.6. The number of anilines is 1. The minimum Gasteiger partial charge on any atom is -0.292 e. The van der Waals surface area contributed by atoms with E-state index in [-0.39, 0.29) is 12.1 Å². The predicted octanol–water partition coefficient (Wildman–Crippen LogP) is 0.392. The number of sulfonamides is 1. The second kappa shape index (κ2) is 6.76. The van der Waals surface area contributed by atoms with Crippen molar-refractivity contribution in [2.75, 3.05) is 30.2 Å². The Bertz CT molecular complexity index is 955. The highest BCUT2D eigenvalue weighted by Crippen LogP contribution is 2.30. The fourth-order valence-electron chi connectivity index (χ4n) is 3.28. The van der Waals surface area contributed by atoms with Crippen LogP contribution in [0.25, 0.3) is 0 Å². The van der Waals surface area contributed by atoms with E-state index in [0.29, 0.717) is 35.5 Å². The first-order valence-electron chi connectivity index (χ1n) is 8.46. The Hall–Kier alpha value is -2.75. The number of ketones is 1. The maximum absolute atomic E-state index is 12.5. The number of carbonyl (C=O) groups excluding carboxylic acids is 4. The molecule has 0 saturated carbocycles. The molecule has 1 saturated heterocycles. The summed E-state index contributed by atoms with van der Waals surface area (Å²) in [6.07, 6.45) is 2.37. The molecule has 0 unspecified atom stereocenters. The topological polar surface area (TPSA) is 112 Å². The number of hydrogen-bond acceptors (Lipinski definition) is 6. The van der Waals surface area contributed by atoms with Gasteiger partial charge in [-0.2, -0.15) is 0 Å². The largest absolute Gasteiger partial charge is 0.334 e. The number of urea groups is 1. The Morgan fingerprint density at radius 2 is 1.78 bits per heavy atom. The van der Waals surface area contributed by atoms with Crippen molar-refractivity contribution in [2.24, 2.45) is 0 Å². The maximum Gasteiger partial charge on any atom is 0.334 e. The van der Waals surface area contributed by atoms with Gasteiger partial charge >= 0.3 is 17.8 Å². The van der Waals surface area contributed by atoms with Crippen molar-refractivity contribution in [1.82, 2.24) is 9.80 Å². The van der Waals surface area contributed by atoms with Crippen molar-refractivity contribution < 1.29 is 27.6 Å². The van der Waals surface area contributed by atoms with Gasteiger partial charge in [-0.3, -0.25) is 23.6 Å². The van der Waals surface area contributed by atoms with E-state index in [1.54, 1.807) is 19.1 Å². The highest BCUT2D eigenvalue weighted by atomic mass is 32.2. The van der Waals surface area contributed by atoms with Crippen LogP contribution in [0.2, 0.25) is 0 Å². The predicted molar refractivity (Wildman–Crippen MR) is 95.8 cm³/mol. The lowest BCUT2D eigenvalue weighted by Gasteiger charge is -2.29. The molecule has 2 aliphatic heterocycles. The Morgan fingerprint density at radius 3 is 2.37 bits per heavy atom. The number of carbonyl (C=O) groups is 4. The number of imide groups is 2. The van der Waals surface area contributed by atoms with Crippen LogP contribution in [0.3, 0.4) is 0 Å². The van der Waals surface area contributed by atoms with E-state index in [9.17, 15) is 27.6 Å². The second-order valence-corrected chi connectivity index (χ2v) is 8.34. The van der Waals surface area contributed by atoms with Crippen LogP contribution >= 0.6 is 0 Å². The van der Waals surface area contributed by atoms with Gasteiger partial charge in [-0.1, -0.05) is 0 Å². The molecular formula is C17H19N3O6S. The molecule has 27 heavy (non-hydrogen) atoms. The first-order chi connectivity index (χ1) is 12.6. The molecule has 1 aromatic carbocycles. The van der Waals surface area contributed by atoms with Crippen LogP contribution < -0.4 is 4.31 Å². The van der Waals surface area contributed by atoms with Crippen molar-refractivity contribution in [1.29, 1.82) is 0 Å². The van der Waals surface area contributed by atoms with Crippen molar-refractivity contribution >= 4 is 39.3 Å². The zero-order valence-electron chi connectivity index (χ0n) is 15.0. The Balaban J connectivity index is 1.84. The number of benzene rings is 1. The molecule has 0 aliphatic carbocycles. The average molecular weight is 393 g/mol. The Morgan fingerprint density at radius 1 is 1.11 bits per heavy atom. The summed E-state index contributed by atoms with van der Waals surface area (Å²) in [6.45, 7) is 1.46. The van der Waals surface area contributed by atoms with Crippen LogP contribution in [0.15, 0.2) is 18.2 Å². The van der Waals surface area contributed by atoms with E-state index < -0.39 is 40.2 Å². The third-order valence-electron chi connectivity index (χ3n) is 4.63. The molecule has 0 radical (unpaired) electrons. The smallest absolute Gasteiger partial charge is 0.292 e. The van der Waals surface area contributed by atoms with Crippen molar-refractivity contribution in [2.45, 2.75) is 19.8 Å². The standard InChI is InChI=1S/C17H19N3O6S/c1-3-18-15(22)16(23)19(17(18)24)10-14(21)12-6-7-13-11(9-12)5-4-8-20(13)27(2,25)26/h6-7,9H,3-5,8,10H2,1-2H3. The monoisotopic (exact) mass is 393 g/mol. The van der Waals surface area contributed by atoms with Gasteiger partial charge in [0.05, 0.1) is 18.5 Å². The zero-order chi connectivity index (χ0) is 19.9. The lowest BCUT2D eigenvalue weighted by molar-refractivity contribution is -0.143. The summed E-state index contributed by atoms with van der Waals surface area (Å²) in [7, 11) is -3.41. The number of rotatable bonds is 5. The van der Waals surface area contributed by atoms with E-state index in [1.807, 2.05) is 0 Å². The van der Waals surface area contributed by atoms with Crippen LogP contribution in [-0.2, 0) is 26.0 Å². The van der Waals surface area contributed by atoms with Crippen molar-refractivity contribution in [3.05, 3.63) is 29.3 Å². The van der Waals surface area contributed by atoms with Crippen molar-refractivity contribution in [3.63, 3.8) is 0 Å². The first-order valence-corrected chi connectivity index (χ1v) is 10.3. The number of fused-ring (bicyclic) bond motifs is 1. The van der Waals surface area contributed by atoms with Crippen LogP contribution in [-0.4, -0.2) is 67.7 Å². The second-order valence-electron chi connectivity index (χ2n) is 6.43. The summed E-state index contributed by atoms with van der Waals surface area (Å²) in [5.41, 5.74) is 1.50. The molecule has 0 N–H and O–H groups in total. The highest BCUT2D eigenvalue weighted by Gasteiger charge is 2.44. The van der Waals surface area contributed by atoms with Gasteiger partial charge in [0, 0.05) is 18.7 Å².